The fourth-order valence-electron chi connectivity index (χ4n) is 2.25. The Balaban J connectivity index is 2.27. The Bertz CT molecular complexity index is 253. The van der Waals surface area contributed by atoms with E-state index in [2.05, 4.69) is 6.92 Å². The van der Waals surface area contributed by atoms with Crippen molar-refractivity contribution in [2.75, 3.05) is 6.61 Å². The van der Waals surface area contributed by atoms with Gasteiger partial charge < -0.3 is 4.74 Å². The van der Waals surface area contributed by atoms with E-state index in [0.717, 1.165) is 12.8 Å². The van der Waals surface area contributed by atoms with Crippen LogP contribution in [0.4, 0.5) is 0 Å². The molecule has 2 rings (SSSR count). The van der Waals surface area contributed by atoms with Crippen LogP contribution in [0.5, 0.6) is 0 Å². The molecule has 0 amide bonds. The minimum atomic E-state index is -0.0153. The van der Waals surface area contributed by atoms with Crippen LogP contribution in [0.25, 0.3) is 0 Å². The molecule has 0 bridgehead atoms. The Morgan fingerprint density at radius 1 is 1.50 bits per heavy atom. The van der Waals surface area contributed by atoms with E-state index in [0.29, 0.717) is 12.5 Å². The van der Waals surface area contributed by atoms with Crippen LogP contribution in [0, 0.1) is 11.8 Å². The fraction of sp³-hybridized carbons (Fsp3) is 0.700. The zero-order chi connectivity index (χ0) is 8.72. The van der Waals surface area contributed by atoms with Gasteiger partial charge in [-0.15, -0.1) is 0 Å². The van der Waals surface area contributed by atoms with Crippen LogP contribution in [0.2, 0.25) is 0 Å². The lowest BCUT2D eigenvalue weighted by molar-refractivity contribution is -0.151. The Hall–Kier alpha value is -0.790. The lowest BCUT2D eigenvalue weighted by atomic mass is 9.86. The van der Waals surface area contributed by atoms with Gasteiger partial charge in [-0.25, -0.2) is 0 Å². The number of hydrogen-bond acceptors (Lipinski definition) is 2. The number of esters is 1. The number of cyclic esters (lactones) is 1. The first-order valence-electron chi connectivity index (χ1n) is 4.55. The van der Waals surface area contributed by atoms with Gasteiger partial charge in [0, 0.05) is 0 Å². The SMILES string of the molecule is CC1=C2COC(=O)[C@@H](C)[C@H]2CC1. The van der Waals surface area contributed by atoms with Gasteiger partial charge >= 0.3 is 5.97 Å². The molecule has 0 aromatic heterocycles. The highest BCUT2D eigenvalue weighted by Gasteiger charge is 2.36. The Labute approximate surface area is 72.6 Å². The topological polar surface area (TPSA) is 26.3 Å². The van der Waals surface area contributed by atoms with E-state index in [-0.39, 0.29) is 11.9 Å². The summed E-state index contributed by atoms with van der Waals surface area (Å²) < 4.78 is 5.08. The third kappa shape index (κ3) is 0.977. The van der Waals surface area contributed by atoms with Crippen molar-refractivity contribution in [1.29, 1.82) is 0 Å². The van der Waals surface area contributed by atoms with Gasteiger partial charge in [-0.3, -0.25) is 4.79 Å². The van der Waals surface area contributed by atoms with E-state index in [4.69, 9.17) is 4.74 Å². The first kappa shape index (κ1) is 7.84. The first-order chi connectivity index (χ1) is 5.70. The van der Waals surface area contributed by atoms with Gasteiger partial charge in [0.2, 0.25) is 0 Å². The van der Waals surface area contributed by atoms with Gasteiger partial charge in [0.25, 0.3) is 0 Å². The quantitative estimate of drug-likeness (QED) is 0.406. The summed E-state index contributed by atoms with van der Waals surface area (Å²) in [4.78, 5) is 11.2. The zero-order valence-corrected chi connectivity index (χ0v) is 7.59. The molecule has 0 aromatic carbocycles. The Kier molecular flexibility index (Phi) is 1.71. The van der Waals surface area contributed by atoms with Crippen molar-refractivity contribution in [3.05, 3.63) is 11.1 Å². The number of hydrogen-bond donors (Lipinski definition) is 0. The summed E-state index contributed by atoms with van der Waals surface area (Å²) >= 11 is 0. The highest BCUT2D eigenvalue weighted by Crippen LogP contribution is 2.39. The van der Waals surface area contributed by atoms with Crippen molar-refractivity contribution >= 4 is 5.97 Å². The van der Waals surface area contributed by atoms with E-state index in [1.165, 1.54) is 11.1 Å². The average Bonchev–Trinajstić information content (AvgIpc) is 2.41. The summed E-state index contributed by atoms with van der Waals surface area (Å²) in [7, 11) is 0. The average molecular weight is 166 g/mol. The van der Waals surface area contributed by atoms with Crippen LogP contribution in [0.15, 0.2) is 11.1 Å². The molecular formula is C10H14O2. The number of allylic oxidation sites excluding steroid dienone is 1. The summed E-state index contributed by atoms with van der Waals surface area (Å²) in [6, 6.07) is 0. The lowest BCUT2D eigenvalue weighted by Gasteiger charge is -2.26. The summed E-state index contributed by atoms with van der Waals surface area (Å²) in [6.45, 7) is 4.69. The lowest BCUT2D eigenvalue weighted by Crippen LogP contribution is -2.30. The number of rotatable bonds is 0. The minimum absolute atomic E-state index is 0.0153. The van der Waals surface area contributed by atoms with Gasteiger partial charge in [-0.2, -0.15) is 0 Å². The van der Waals surface area contributed by atoms with Crippen molar-refractivity contribution in [3.63, 3.8) is 0 Å². The van der Waals surface area contributed by atoms with E-state index >= 15 is 0 Å². The predicted octanol–water partition coefficient (Wildman–Crippen LogP) is 1.91. The van der Waals surface area contributed by atoms with Gasteiger partial charge in [0.15, 0.2) is 0 Å². The zero-order valence-electron chi connectivity index (χ0n) is 7.59. The summed E-state index contributed by atoms with van der Waals surface area (Å²) in [5, 5.41) is 0. The molecular weight excluding hydrogens is 152 g/mol. The Morgan fingerprint density at radius 3 is 3.00 bits per heavy atom. The van der Waals surface area contributed by atoms with Crippen LogP contribution < -0.4 is 0 Å². The van der Waals surface area contributed by atoms with Crippen LogP contribution >= 0.6 is 0 Å². The van der Waals surface area contributed by atoms with E-state index in [1.54, 1.807) is 0 Å². The number of carbonyl (C=O) groups is 1. The summed E-state index contributed by atoms with van der Waals surface area (Å²) in [5.41, 5.74) is 2.83. The van der Waals surface area contributed by atoms with Crippen LogP contribution in [-0.2, 0) is 9.53 Å². The van der Waals surface area contributed by atoms with Crippen LogP contribution in [-0.4, -0.2) is 12.6 Å². The maximum Gasteiger partial charge on any atom is 0.309 e. The summed E-state index contributed by atoms with van der Waals surface area (Å²) in [6.07, 6.45) is 2.30. The van der Waals surface area contributed by atoms with E-state index in [1.807, 2.05) is 6.92 Å². The first-order valence-corrected chi connectivity index (χ1v) is 4.55. The molecule has 0 unspecified atom stereocenters. The molecule has 1 fully saturated rings. The Morgan fingerprint density at radius 2 is 2.25 bits per heavy atom. The van der Waals surface area contributed by atoms with E-state index in [9.17, 15) is 4.79 Å². The maximum absolute atomic E-state index is 11.2. The highest BCUT2D eigenvalue weighted by molar-refractivity contribution is 5.74. The molecule has 2 nitrogen and oxygen atoms in total. The van der Waals surface area contributed by atoms with Crippen LogP contribution in [0.1, 0.15) is 26.7 Å². The van der Waals surface area contributed by atoms with Crippen molar-refractivity contribution in [1.82, 2.24) is 0 Å². The van der Waals surface area contributed by atoms with Crippen molar-refractivity contribution in [3.8, 4) is 0 Å². The van der Waals surface area contributed by atoms with Crippen molar-refractivity contribution in [2.24, 2.45) is 11.8 Å². The minimum Gasteiger partial charge on any atom is -0.461 e. The molecule has 2 aliphatic rings. The second kappa shape index (κ2) is 2.61. The second-order valence-corrected chi connectivity index (χ2v) is 3.85. The predicted molar refractivity (Wildman–Crippen MR) is 45.5 cm³/mol. The molecule has 0 spiro atoms. The summed E-state index contributed by atoms with van der Waals surface area (Å²) in [5.74, 6) is 0.566. The molecule has 2 atom stereocenters. The standard InChI is InChI=1S/C10H14O2/c1-6-3-4-8-7(2)10(11)12-5-9(6)8/h7-8H,3-5H2,1-2H3/t7-,8+/m0/s1. The monoisotopic (exact) mass is 166 g/mol. The molecule has 2 heteroatoms. The normalized spacial score (nSPS) is 35.0. The third-order valence-corrected chi connectivity index (χ3v) is 3.17. The molecule has 1 saturated heterocycles. The number of ether oxygens (including phenoxy) is 1. The molecule has 12 heavy (non-hydrogen) atoms. The fourth-order valence-corrected chi connectivity index (χ4v) is 2.25. The van der Waals surface area contributed by atoms with Crippen molar-refractivity contribution < 1.29 is 9.53 Å². The number of fused-ring (bicyclic) bond motifs is 1. The maximum atomic E-state index is 11.2. The molecule has 0 radical (unpaired) electrons. The van der Waals surface area contributed by atoms with Gasteiger partial charge in [0.05, 0.1) is 5.92 Å². The van der Waals surface area contributed by atoms with Crippen LogP contribution in [0.3, 0.4) is 0 Å². The van der Waals surface area contributed by atoms with Gasteiger partial charge in [-0.1, -0.05) is 12.5 Å². The molecule has 1 aliphatic heterocycles. The highest BCUT2D eigenvalue weighted by atomic mass is 16.5. The molecule has 0 aromatic rings. The largest absolute Gasteiger partial charge is 0.461 e. The smallest absolute Gasteiger partial charge is 0.309 e. The number of carbonyl (C=O) groups excluding carboxylic acids is 1. The van der Waals surface area contributed by atoms with Gasteiger partial charge in [0.1, 0.15) is 6.61 Å². The van der Waals surface area contributed by atoms with Gasteiger partial charge in [-0.05, 0) is 31.3 Å². The second-order valence-electron chi connectivity index (χ2n) is 3.85. The molecule has 1 heterocycles. The molecule has 1 aliphatic carbocycles. The molecule has 0 saturated carbocycles. The third-order valence-electron chi connectivity index (χ3n) is 3.17. The molecule has 0 N–H and O–H groups in total. The van der Waals surface area contributed by atoms with E-state index < -0.39 is 0 Å². The molecule has 66 valence electrons. The van der Waals surface area contributed by atoms with Crippen molar-refractivity contribution in [2.45, 2.75) is 26.7 Å².